The lowest BCUT2D eigenvalue weighted by Gasteiger charge is -2.21. The van der Waals surface area contributed by atoms with Crippen LogP contribution in [0.25, 0.3) is 0 Å². The lowest BCUT2D eigenvalue weighted by Crippen LogP contribution is -2.24. The zero-order valence-corrected chi connectivity index (χ0v) is 17.2. The third-order valence-corrected chi connectivity index (χ3v) is 5.39. The van der Waals surface area contributed by atoms with Crippen LogP contribution < -0.4 is 0 Å². The second-order valence-corrected chi connectivity index (χ2v) is 7.67. The number of Topliss-reactive ketones (excluding diaryl/α,β-unsaturated/α-hetero) is 1. The Morgan fingerprint density at radius 3 is 2.18 bits per heavy atom. The maximum Gasteiger partial charge on any atom is 0.173 e. The number of carbonyl (C=O) groups excluding carboxylic acids is 1. The van der Waals surface area contributed by atoms with Crippen molar-refractivity contribution in [2.45, 2.75) is 6.54 Å². The molecule has 3 rings (SSSR count). The van der Waals surface area contributed by atoms with Crippen molar-refractivity contribution in [3.63, 3.8) is 0 Å². The van der Waals surface area contributed by atoms with Crippen molar-refractivity contribution < 1.29 is 4.79 Å². The van der Waals surface area contributed by atoms with Gasteiger partial charge in [0.1, 0.15) is 0 Å². The van der Waals surface area contributed by atoms with Crippen LogP contribution in [0.1, 0.15) is 15.9 Å². The smallest absolute Gasteiger partial charge is 0.173 e. The summed E-state index contributed by atoms with van der Waals surface area (Å²) >= 11 is 7.35. The van der Waals surface area contributed by atoms with E-state index in [-0.39, 0.29) is 5.78 Å². The predicted octanol–water partition coefficient (Wildman–Crippen LogP) is 6.08. The summed E-state index contributed by atoms with van der Waals surface area (Å²) in [5.74, 6) is 0.363. The molecule has 3 aromatic carbocycles. The maximum atomic E-state index is 12.6. The van der Waals surface area contributed by atoms with E-state index in [9.17, 15) is 4.79 Å². The highest BCUT2D eigenvalue weighted by Gasteiger charge is 2.13. The van der Waals surface area contributed by atoms with Crippen molar-refractivity contribution in [2.75, 3.05) is 12.8 Å². The number of halogens is 1. The number of benzene rings is 3. The Labute approximate surface area is 175 Å². The number of para-hydroxylation sites is 1. The number of carbonyl (C=O) groups is 1. The summed E-state index contributed by atoms with van der Waals surface area (Å²) in [4.78, 5) is 19.4. The number of hydrogen-bond acceptors (Lipinski definition) is 3. The maximum absolute atomic E-state index is 12.6. The van der Waals surface area contributed by atoms with Gasteiger partial charge >= 0.3 is 0 Å². The van der Waals surface area contributed by atoms with Crippen LogP contribution in [0.3, 0.4) is 0 Å². The second kappa shape index (κ2) is 10.1. The van der Waals surface area contributed by atoms with Crippen LogP contribution in [-0.4, -0.2) is 28.7 Å². The van der Waals surface area contributed by atoms with Gasteiger partial charge < -0.3 is 4.90 Å². The molecule has 0 atom stereocenters. The van der Waals surface area contributed by atoms with Crippen LogP contribution in [0.5, 0.6) is 0 Å². The number of hydrogen-bond donors (Lipinski definition) is 0. The molecule has 0 fully saturated rings. The van der Waals surface area contributed by atoms with Crippen LogP contribution in [0, 0.1) is 0 Å². The van der Waals surface area contributed by atoms with Gasteiger partial charge in [0.15, 0.2) is 11.0 Å². The number of nitrogens with zero attached hydrogens (tertiary/aromatic N) is 2. The molecule has 3 aromatic rings. The molecule has 0 aliphatic carbocycles. The highest BCUT2D eigenvalue weighted by Crippen LogP contribution is 2.20. The predicted molar refractivity (Wildman–Crippen MR) is 120 cm³/mol. The quantitative estimate of drug-likeness (QED) is 0.281. The van der Waals surface area contributed by atoms with Gasteiger partial charge in [-0.1, -0.05) is 71.9 Å². The third-order valence-electron chi connectivity index (χ3n) is 4.07. The Morgan fingerprint density at radius 2 is 1.54 bits per heavy atom. The number of rotatable bonds is 6. The molecule has 0 bridgehead atoms. The van der Waals surface area contributed by atoms with E-state index in [4.69, 9.17) is 16.6 Å². The SMILES string of the molecule is CN(Cc1ccccc1)C(=Nc1ccccc1)SCC(=O)c1ccc(Cl)cc1. The molecule has 0 N–H and O–H groups in total. The molecule has 142 valence electrons. The van der Waals surface area contributed by atoms with Crippen molar-refractivity contribution >= 4 is 40.0 Å². The summed E-state index contributed by atoms with van der Waals surface area (Å²) in [7, 11) is 1.99. The lowest BCUT2D eigenvalue weighted by atomic mass is 10.1. The molecule has 0 heterocycles. The van der Waals surface area contributed by atoms with Crippen LogP contribution in [0.4, 0.5) is 5.69 Å². The summed E-state index contributed by atoms with van der Waals surface area (Å²) in [6, 6.07) is 27.0. The molecule has 0 spiro atoms. The highest BCUT2D eigenvalue weighted by molar-refractivity contribution is 8.14. The Morgan fingerprint density at radius 1 is 0.929 bits per heavy atom. The lowest BCUT2D eigenvalue weighted by molar-refractivity contribution is 0.102. The van der Waals surface area contributed by atoms with E-state index in [1.165, 1.54) is 17.3 Å². The first-order valence-corrected chi connectivity index (χ1v) is 10.3. The topological polar surface area (TPSA) is 32.7 Å². The fraction of sp³-hybridized carbons (Fsp3) is 0.130. The minimum atomic E-state index is 0.0514. The Balaban J connectivity index is 1.75. The molecule has 0 unspecified atom stereocenters. The summed E-state index contributed by atoms with van der Waals surface area (Å²) in [5, 5.41) is 1.43. The number of ketones is 1. The molecule has 28 heavy (non-hydrogen) atoms. The van der Waals surface area contributed by atoms with Gasteiger partial charge in [0.2, 0.25) is 0 Å². The summed E-state index contributed by atoms with van der Waals surface area (Å²) < 4.78 is 0. The number of amidine groups is 1. The van der Waals surface area contributed by atoms with E-state index in [2.05, 4.69) is 17.0 Å². The third kappa shape index (κ3) is 5.98. The van der Waals surface area contributed by atoms with Gasteiger partial charge in [0, 0.05) is 24.2 Å². The van der Waals surface area contributed by atoms with Gasteiger partial charge in [-0.05, 0) is 42.0 Å². The van der Waals surface area contributed by atoms with Gasteiger partial charge in [0.25, 0.3) is 0 Å². The first-order chi connectivity index (χ1) is 13.6. The fourth-order valence-corrected chi connectivity index (χ4v) is 3.62. The van der Waals surface area contributed by atoms with E-state index in [0.29, 0.717) is 22.9 Å². The van der Waals surface area contributed by atoms with Crippen LogP contribution in [0.2, 0.25) is 5.02 Å². The largest absolute Gasteiger partial charge is 0.350 e. The molecule has 0 saturated heterocycles. The van der Waals surface area contributed by atoms with Crippen molar-refractivity contribution in [3.05, 3.63) is 101 Å². The van der Waals surface area contributed by atoms with Crippen LogP contribution in [0.15, 0.2) is 89.9 Å². The molecule has 0 amide bonds. The first kappa shape index (κ1) is 20.2. The van der Waals surface area contributed by atoms with Crippen LogP contribution in [-0.2, 0) is 6.54 Å². The molecule has 0 aromatic heterocycles. The van der Waals surface area contributed by atoms with Crippen molar-refractivity contribution in [2.24, 2.45) is 4.99 Å². The summed E-state index contributed by atoms with van der Waals surface area (Å²) in [6.07, 6.45) is 0. The molecular formula is C23H21ClN2OS. The number of thioether (sulfide) groups is 1. The molecule has 3 nitrogen and oxygen atoms in total. The molecular weight excluding hydrogens is 388 g/mol. The van der Waals surface area contributed by atoms with Crippen molar-refractivity contribution in [3.8, 4) is 0 Å². The zero-order valence-electron chi connectivity index (χ0n) is 15.6. The number of aliphatic imine (C=N–C) groups is 1. The first-order valence-electron chi connectivity index (χ1n) is 8.92. The van der Waals surface area contributed by atoms with E-state index in [1.54, 1.807) is 24.3 Å². The minimum Gasteiger partial charge on any atom is -0.350 e. The average molecular weight is 409 g/mol. The van der Waals surface area contributed by atoms with E-state index < -0.39 is 0 Å². The van der Waals surface area contributed by atoms with E-state index >= 15 is 0 Å². The highest BCUT2D eigenvalue weighted by atomic mass is 35.5. The molecule has 5 heteroatoms. The standard InChI is InChI=1S/C23H21ClN2OS/c1-26(16-18-8-4-2-5-9-18)23(25-21-10-6-3-7-11-21)28-17-22(27)19-12-14-20(24)15-13-19/h2-15H,16-17H2,1H3. The van der Waals surface area contributed by atoms with Gasteiger partial charge in [-0.3, -0.25) is 4.79 Å². The molecule has 0 saturated carbocycles. The minimum absolute atomic E-state index is 0.0514. The average Bonchev–Trinajstić information content (AvgIpc) is 2.73. The fourth-order valence-electron chi connectivity index (χ4n) is 2.61. The van der Waals surface area contributed by atoms with Gasteiger partial charge in [0.05, 0.1) is 11.4 Å². The Bertz CT molecular complexity index is 928. The zero-order chi connectivity index (χ0) is 19.8. The van der Waals surface area contributed by atoms with Crippen molar-refractivity contribution in [1.82, 2.24) is 4.90 Å². The Kier molecular flexibility index (Phi) is 7.29. The normalized spacial score (nSPS) is 11.3. The summed E-state index contributed by atoms with van der Waals surface area (Å²) in [5.41, 5.74) is 2.71. The van der Waals surface area contributed by atoms with Crippen molar-refractivity contribution in [1.29, 1.82) is 0 Å². The molecule has 0 aliphatic heterocycles. The second-order valence-electron chi connectivity index (χ2n) is 6.29. The monoisotopic (exact) mass is 408 g/mol. The Hall–Kier alpha value is -2.56. The molecule has 0 aliphatic rings. The van der Waals surface area contributed by atoms with Gasteiger partial charge in [-0.25, -0.2) is 4.99 Å². The molecule has 0 radical (unpaired) electrons. The van der Waals surface area contributed by atoms with Gasteiger partial charge in [-0.15, -0.1) is 0 Å². The van der Waals surface area contributed by atoms with E-state index in [1.807, 2.05) is 55.6 Å². The van der Waals surface area contributed by atoms with Gasteiger partial charge in [-0.2, -0.15) is 0 Å². The van der Waals surface area contributed by atoms with E-state index in [0.717, 1.165) is 10.9 Å². The van der Waals surface area contributed by atoms with Crippen LogP contribution >= 0.6 is 23.4 Å². The summed E-state index contributed by atoms with van der Waals surface area (Å²) in [6.45, 7) is 0.717.